The summed E-state index contributed by atoms with van der Waals surface area (Å²) in [4.78, 5) is 15.8. The smallest absolute Gasteiger partial charge is 0.266 e. The first-order valence-electron chi connectivity index (χ1n) is 9.27. The number of nitrogens with zero attached hydrogens (tertiary/aromatic N) is 1. The van der Waals surface area contributed by atoms with Crippen LogP contribution in [0.15, 0.2) is 52.3 Å². The Bertz CT molecular complexity index is 925. The van der Waals surface area contributed by atoms with Crippen LogP contribution in [0, 0.1) is 6.92 Å². The van der Waals surface area contributed by atoms with Crippen LogP contribution in [0.5, 0.6) is 11.5 Å². The lowest BCUT2D eigenvalue weighted by atomic mass is 10.2. The Kier molecular flexibility index (Phi) is 7.64. The fourth-order valence-corrected chi connectivity index (χ4v) is 4.88. The summed E-state index contributed by atoms with van der Waals surface area (Å²) in [7, 11) is 1.61. The number of carbonyl (C=O) groups excluding carboxylic acids is 1. The molecule has 1 aliphatic rings. The van der Waals surface area contributed by atoms with Gasteiger partial charge in [0.25, 0.3) is 5.91 Å². The number of hydrogen-bond acceptors (Lipinski definition) is 6. The molecule has 0 aromatic heterocycles. The van der Waals surface area contributed by atoms with E-state index in [0.717, 1.165) is 11.3 Å². The summed E-state index contributed by atoms with van der Waals surface area (Å²) in [6, 6.07) is 14.1. The molecule has 0 bridgehead atoms. The molecule has 7 heteroatoms. The summed E-state index contributed by atoms with van der Waals surface area (Å²) < 4.78 is 12.0. The maximum atomic E-state index is 12.4. The second kappa shape index (κ2) is 10.2. The Morgan fingerprint density at radius 2 is 1.93 bits per heavy atom. The van der Waals surface area contributed by atoms with Gasteiger partial charge in [-0.25, -0.2) is 0 Å². The SMILES string of the molecule is CCN1C(=O)/C(=C/c2ccc(OCCSc3ccc(C)cc3)c(OC)c2)SC1=S. The van der Waals surface area contributed by atoms with E-state index >= 15 is 0 Å². The molecule has 0 aliphatic carbocycles. The van der Waals surface area contributed by atoms with Gasteiger partial charge in [0.2, 0.25) is 0 Å². The first kappa shape index (κ1) is 21.7. The van der Waals surface area contributed by atoms with E-state index in [9.17, 15) is 4.79 Å². The molecule has 0 unspecified atom stereocenters. The van der Waals surface area contributed by atoms with Crippen molar-refractivity contribution in [2.45, 2.75) is 18.7 Å². The van der Waals surface area contributed by atoms with Crippen molar-refractivity contribution in [1.29, 1.82) is 0 Å². The van der Waals surface area contributed by atoms with Crippen molar-refractivity contribution in [3.05, 3.63) is 58.5 Å². The van der Waals surface area contributed by atoms with Gasteiger partial charge in [-0.15, -0.1) is 11.8 Å². The van der Waals surface area contributed by atoms with Crippen LogP contribution in [0.2, 0.25) is 0 Å². The number of aryl methyl sites for hydroxylation is 1. The van der Waals surface area contributed by atoms with Crippen LogP contribution in [0.1, 0.15) is 18.1 Å². The van der Waals surface area contributed by atoms with Crippen LogP contribution in [0.25, 0.3) is 6.08 Å². The highest BCUT2D eigenvalue weighted by atomic mass is 32.2. The van der Waals surface area contributed by atoms with Crippen molar-refractivity contribution in [2.24, 2.45) is 0 Å². The molecule has 1 fully saturated rings. The number of thiocarbonyl (C=S) groups is 1. The molecular formula is C22H23NO3S3. The Hall–Kier alpha value is -1.96. The third-order valence-electron chi connectivity index (χ3n) is 4.31. The van der Waals surface area contributed by atoms with Gasteiger partial charge in [-0.3, -0.25) is 9.69 Å². The van der Waals surface area contributed by atoms with E-state index < -0.39 is 0 Å². The first-order valence-corrected chi connectivity index (χ1v) is 11.5. The van der Waals surface area contributed by atoms with E-state index in [0.29, 0.717) is 33.9 Å². The summed E-state index contributed by atoms with van der Waals surface area (Å²) >= 11 is 8.35. The zero-order chi connectivity index (χ0) is 20.8. The first-order chi connectivity index (χ1) is 14.0. The molecule has 1 saturated heterocycles. The topological polar surface area (TPSA) is 38.8 Å². The molecule has 152 valence electrons. The number of benzene rings is 2. The van der Waals surface area contributed by atoms with Crippen molar-refractivity contribution in [3.63, 3.8) is 0 Å². The molecule has 0 N–H and O–H groups in total. The maximum Gasteiger partial charge on any atom is 0.266 e. The monoisotopic (exact) mass is 445 g/mol. The third-order valence-corrected chi connectivity index (χ3v) is 6.66. The van der Waals surface area contributed by atoms with Crippen LogP contribution in [-0.4, -0.2) is 41.1 Å². The Morgan fingerprint density at radius 1 is 1.17 bits per heavy atom. The largest absolute Gasteiger partial charge is 0.493 e. The van der Waals surface area contributed by atoms with Gasteiger partial charge in [-0.1, -0.05) is 47.7 Å². The fourth-order valence-electron chi connectivity index (χ4n) is 2.76. The van der Waals surface area contributed by atoms with Gasteiger partial charge in [0.1, 0.15) is 4.32 Å². The third kappa shape index (κ3) is 5.56. The molecule has 0 atom stereocenters. The molecule has 4 nitrogen and oxygen atoms in total. The van der Waals surface area contributed by atoms with Crippen LogP contribution in [0.4, 0.5) is 0 Å². The number of likely N-dealkylation sites (N-methyl/N-ethyl adjacent to an activating group) is 1. The number of ether oxygens (including phenoxy) is 2. The predicted molar refractivity (Wildman–Crippen MR) is 126 cm³/mol. The highest BCUT2D eigenvalue weighted by Gasteiger charge is 2.30. The van der Waals surface area contributed by atoms with E-state index in [2.05, 4.69) is 31.2 Å². The average Bonchev–Trinajstić information content (AvgIpc) is 2.99. The Morgan fingerprint density at radius 3 is 2.59 bits per heavy atom. The molecule has 1 aliphatic heterocycles. The van der Waals surface area contributed by atoms with Crippen molar-refractivity contribution < 1.29 is 14.3 Å². The number of amides is 1. The van der Waals surface area contributed by atoms with E-state index in [1.54, 1.807) is 23.8 Å². The molecule has 3 rings (SSSR count). The number of methoxy groups -OCH3 is 1. The quantitative estimate of drug-likeness (QED) is 0.235. The lowest BCUT2D eigenvalue weighted by Gasteiger charge is -2.12. The lowest BCUT2D eigenvalue weighted by Crippen LogP contribution is -2.27. The van der Waals surface area contributed by atoms with Crippen molar-refractivity contribution in [2.75, 3.05) is 26.0 Å². The molecule has 2 aromatic carbocycles. The minimum atomic E-state index is -0.0464. The molecule has 0 radical (unpaired) electrons. The number of rotatable bonds is 8. The van der Waals surface area contributed by atoms with Crippen LogP contribution >= 0.6 is 35.7 Å². The standard InChI is InChI=1S/C22H23NO3S3/c1-4-23-21(24)20(29-22(23)27)14-16-7-10-18(19(13-16)25-3)26-11-12-28-17-8-5-15(2)6-9-17/h5-10,13-14H,4,11-12H2,1-3H3/b20-14-. The summed E-state index contributed by atoms with van der Waals surface area (Å²) in [6.07, 6.45) is 1.84. The lowest BCUT2D eigenvalue weighted by molar-refractivity contribution is -0.121. The van der Waals surface area contributed by atoms with E-state index in [4.69, 9.17) is 21.7 Å². The highest BCUT2D eigenvalue weighted by molar-refractivity contribution is 8.26. The molecule has 0 saturated carbocycles. The van der Waals surface area contributed by atoms with Gasteiger partial charge in [0, 0.05) is 17.2 Å². The van der Waals surface area contributed by atoms with Gasteiger partial charge < -0.3 is 9.47 Å². The Labute approximate surface area is 185 Å². The average molecular weight is 446 g/mol. The van der Waals surface area contributed by atoms with E-state index in [1.165, 1.54) is 22.2 Å². The van der Waals surface area contributed by atoms with Crippen molar-refractivity contribution in [3.8, 4) is 11.5 Å². The number of thioether (sulfide) groups is 2. The highest BCUT2D eigenvalue weighted by Crippen LogP contribution is 2.34. The summed E-state index contributed by atoms with van der Waals surface area (Å²) in [5.74, 6) is 2.13. The van der Waals surface area contributed by atoms with Gasteiger partial charge in [0.15, 0.2) is 11.5 Å². The molecule has 1 amide bonds. The van der Waals surface area contributed by atoms with Gasteiger partial charge >= 0.3 is 0 Å². The molecular weight excluding hydrogens is 422 g/mol. The predicted octanol–water partition coefficient (Wildman–Crippen LogP) is 5.40. The minimum absolute atomic E-state index is 0.0464. The number of carbonyl (C=O) groups is 1. The summed E-state index contributed by atoms with van der Waals surface area (Å²) in [5, 5.41) is 0. The zero-order valence-corrected chi connectivity index (χ0v) is 19.1. The van der Waals surface area contributed by atoms with Crippen LogP contribution in [-0.2, 0) is 4.79 Å². The second-order valence-electron chi connectivity index (χ2n) is 6.35. The number of hydrogen-bond donors (Lipinski definition) is 0. The van der Waals surface area contributed by atoms with Gasteiger partial charge in [-0.05, 0) is 49.8 Å². The van der Waals surface area contributed by atoms with Crippen molar-refractivity contribution in [1.82, 2.24) is 4.90 Å². The van der Waals surface area contributed by atoms with E-state index in [1.807, 2.05) is 31.2 Å². The summed E-state index contributed by atoms with van der Waals surface area (Å²) in [6.45, 7) is 5.15. The van der Waals surface area contributed by atoms with Crippen molar-refractivity contribution >= 4 is 52.0 Å². The van der Waals surface area contributed by atoms with Crippen LogP contribution in [0.3, 0.4) is 0 Å². The summed E-state index contributed by atoms with van der Waals surface area (Å²) in [5.41, 5.74) is 2.13. The fraction of sp³-hybridized carbons (Fsp3) is 0.273. The minimum Gasteiger partial charge on any atom is -0.493 e. The molecule has 29 heavy (non-hydrogen) atoms. The van der Waals surface area contributed by atoms with E-state index in [-0.39, 0.29) is 5.91 Å². The molecule has 2 aromatic rings. The normalized spacial score (nSPS) is 15.3. The van der Waals surface area contributed by atoms with Gasteiger partial charge in [0.05, 0.1) is 18.6 Å². The van der Waals surface area contributed by atoms with Crippen LogP contribution < -0.4 is 9.47 Å². The Balaban J connectivity index is 1.61. The molecule has 0 spiro atoms. The van der Waals surface area contributed by atoms with Gasteiger partial charge in [-0.2, -0.15) is 0 Å². The second-order valence-corrected chi connectivity index (χ2v) is 9.19. The zero-order valence-electron chi connectivity index (χ0n) is 16.6. The molecule has 1 heterocycles. The maximum absolute atomic E-state index is 12.4.